The monoisotopic (exact) mass is 389 g/mol. The first-order chi connectivity index (χ1) is 14.2. The molecule has 2 N–H and O–H groups in total. The lowest BCUT2D eigenvalue weighted by Crippen LogP contribution is -2.44. The smallest absolute Gasteiger partial charge is 0.229 e. The van der Waals surface area contributed by atoms with Crippen molar-refractivity contribution in [3.05, 3.63) is 72.4 Å². The van der Waals surface area contributed by atoms with Crippen molar-refractivity contribution in [2.45, 2.75) is 19.0 Å². The highest BCUT2D eigenvalue weighted by molar-refractivity contribution is 5.97. The molecule has 3 aromatic rings. The average molecular weight is 389 g/mol. The Morgan fingerprint density at radius 1 is 1.17 bits per heavy atom. The predicted octanol–water partition coefficient (Wildman–Crippen LogP) is 2.81. The number of aliphatic imine (C=N–C) groups is 1. The number of amides is 1. The van der Waals surface area contributed by atoms with E-state index in [1.165, 1.54) is 0 Å². The van der Waals surface area contributed by atoms with E-state index >= 15 is 0 Å². The van der Waals surface area contributed by atoms with Gasteiger partial charge >= 0.3 is 0 Å². The van der Waals surface area contributed by atoms with E-state index in [1.807, 2.05) is 66.7 Å². The van der Waals surface area contributed by atoms with Gasteiger partial charge < -0.3 is 20.1 Å². The summed E-state index contributed by atoms with van der Waals surface area (Å²) in [4.78, 5) is 18.4. The fourth-order valence-electron chi connectivity index (χ4n) is 3.36. The minimum atomic E-state index is -0.00825. The van der Waals surface area contributed by atoms with Gasteiger partial charge in [-0.25, -0.2) is 0 Å². The van der Waals surface area contributed by atoms with Crippen molar-refractivity contribution in [1.82, 2.24) is 15.8 Å². The van der Waals surface area contributed by atoms with Gasteiger partial charge in [-0.05, 0) is 12.1 Å². The Kier molecular flexibility index (Phi) is 5.56. The maximum atomic E-state index is 12.4. The fourth-order valence-corrected chi connectivity index (χ4v) is 3.36. The molecule has 148 valence electrons. The second-order valence-corrected chi connectivity index (χ2v) is 6.86. The summed E-state index contributed by atoms with van der Waals surface area (Å²) in [5, 5.41) is 10.7. The van der Waals surface area contributed by atoms with Gasteiger partial charge in [-0.2, -0.15) is 0 Å². The highest BCUT2D eigenvalue weighted by Crippen LogP contribution is 2.21. The lowest BCUT2D eigenvalue weighted by molar-refractivity contribution is -0.117. The molecule has 0 spiro atoms. The van der Waals surface area contributed by atoms with Crippen LogP contribution in [0.25, 0.3) is 11.3 Å². The first kappa shape index (κ1) is 18.7. The van der Waals surface area contributed by atoms with Gasteiger partial charge in [-0.1, -0.05) is 53.7 Å². The van der Waals surface area contributed by atoms with Gasteiger partial charge in [0.05, 0.1) is 12.6 Å². The average Bonchev–Trinajstić information content (AvgIpc) is 3.39. The van der Waals surface area contributed by atoms with Crippen molar-refractivity contribution in [3.8, 4) is 11.3 Å². The molecule has 0 radical (unpaired) electrons. The number of aromatic nitrogens is 1. The van der Waals surface area contributed by atoms with Crippen molar-refractivity contribution in [2.75, 3.05) is 18.5 Å². The molecule has 7 nitrogen and oxygen atoms in total. The molecule has 2 heterocycles. The van der Waals surface area contributed by atoms with Crippen molar-refractivity contribution in [1.29, 1.82) is 0 Å². The molecule has 1 saturated heterocycles. The number of guanidine groups is 1. The van der Waals surface area contributed by atoms with Crippen LogP contribution in [-0.4, -0.2) is 36.7 Å². The first-order valence-corrected chi connectivity index (χ1v) is 9.56. The van der Waals surface area contributed by atoms with Crippen LogP contribution in [0.1, 0.15) is 12.1 Å². The molecule has 0 saturated carbocycles. The summed E-state index contributed by atoms with van der Waals surface area (Å²) in [5.41, 5.74) is 2.68. The minimum absolute atomic E-state index is 0.00825. The Morgan fingerprint density at radius 3 is 2.62 bits per heavy atom. The first-order valence-electron chi connectivity index (χ1n) is 9.56. The van der Waals surface area contributed by atoms with Crippen LogP contribution in [0.15, 0.2) is 76.2 Å². The Bertz CT molecular complexity index is 985. The molecule has 2 aromatic carbocycles. The molecule has 4 rings (SSSR count). The molecule has 1 unspecified atom stereocenters. The normalized spacial score (nSPS) is 16.9. The summed E-state index contributed by atoms with van der Waals surface area (Å²) in [5.74, 6) is 1.46. The highest BCUT2D eigenvalue weighted by atomic mass is 16.5. The topological polar surface area (TPSA) is 82.8 Å². The van der Waals surface area contributed by atoms with E-state index in [2.05, 4.69) is 20.8 Å². The number of nitrogens with one attached hydrogen (secondary N) is 2. The zero-order valence-corrected chi connectivity index (χ0v) is 16.2. The van der Waals surface area contributed by atoms with Crippen LogP contribution in [0.3, 0.4) is 0 Å². The van der Waals surface area contributed by atoms with E-state index in [-0.39, 0.29) is 11.9 Å². The van der Waals surface area contributed by atoms with E-state index in [1.54, 1.807) is 11.9 Å². The largest absolute Gasteiger partial charge is 0.356 e. The van der Waals surface area contributed by atoms with Crippen molar-refractivity contribution in [2.24, 2.45) is 4.99 Å². The van der Waals surface area contributed by atoms with E-state index in [0.717, 1.165) is 22.7 Å². The number of hydrogen-bond donors (Lipinski definition) is 2. The summed E-state index contributed by atoms with van der Waals surface area (Å²) in [6, 6.07) is 21.5. The Hall–Kier alpha value is -3.61. The number of hydrogen-bond acceptors (Lipinski definition) is 4. The van der Waals surface area contributed by atoms with Crippen LogP contribution >= 0.6 is 0 Å². The van der Waals surface area contributed by atoms with Crippen LogP contribution in [0.4, 0.5) is 5.69 Å². The summed E-state index contributed by atoms with van der Waals surface area (Å²) in [7, 11) is 1.71. The van der Waals surface area contributed by atoms with Crippen LogP contribution in [0.2, 0.25) is 0 Å². The summed E-state index contributed by atoms with van der Waals surface area (Å²) in [6.45, 7) is 1.07. The lowest BCUT2D eigenvalue weighted by atomic mass is 10.2. The summed E-state index contributed by atoms with van der Waals surface area (Å²) >= 11 is 0. The highest BCUT2D eigenvalue weighted by Gasteiger charge is 2.31. The molecule has 1 fully saturated rings. The van der Waals surface area contributed by atoms with Gasteiger partial charge in [0.1, 0.15) is 5.69 Å². The van der Waals surface area contributed by atoms with Gasteiger partial charge in [0.15, 0.2) is 11.7 Å². The minimum Gasteiger partial charge on any atom is -0.356 e. The van der Waals surface area contributed by atoms with Gasteiger partial charge in [0.2, 0.25) is 5.91 Å². The van der Waals surface area contributed by atoms with Gasteiger partial charge in [0, 0.05) is 37.3 Å². The molecule has 7 heteroatoms. The van der Waals surface area contributed by atoms with Crippen LogP contribution in [0, 0.1) is 0 Å². The van der Waals surface area contributed by atoms with Crippen LogP contribution in [-0.2, 0) is 11.3 Å². The van der Waals surface area contributed by atoms with Crippen molar-refractivity contribution >= 4 is 17.6 Å². The van der Waals surface area contributed by atoms with Crippen molar-refractivity contribution in [3.63, 3.8) is 0 Å². The van der Waals surface area contributed by atoms with E-state index < -0.39 is 0 Å². The fraction of sp³-hybridized carbons (Fsp3) is 0.227. The molecule has 0 bridgehead atoms. The maximum Gasteiger partial charge on any atom is 0.229 e. The van der Waals surface area contributed by atoms with E-state index in [9.17, 15) is 4.79 Å². The van der Waals surface area contributed by atoms with Gasteiger partial charge in [-0.15, -0.1) is 0 Å². The molecule has 1 aromatic heterocycles. The Labute approximate surface area is 169 Å². The number of para-hydroxylation sites is 1. The quantitative estimate of drug-likeness (QED) is 0.518. The standard InChI is InChI=1S/C22H23N5O2/c1-23-22(24-14-17-12-20(29-26-17)16-8-4-2-5-9-16)25-18-13-21(28)27(15-18)19-10-6-3-7-11-19/h2-12,18H,13-15H2,1H3,(H2,23,24,25). The van der Waals surface area contributed by atoms with Gasteiger partial charge in [-0.3, -0.25) is 9.79 Å². The molecule has 1 aliphatic rings. The Balaban J connectivity index is 1.33. The third kappa shape index (κ3) is 4.45. The zero-order chi connectivity index (χ0) is 20.1. The number of rotatable bonds is 5. The zero-order valence-electron chi connectivity index (χ0n) is 16.2. The van der Waals surface area contributed by atoms with Crippen LogP contribution < -0.4 is 15.5 Å². The second kappa shape index (κ2) is 8.60. The third-order valence-electron chi connectivity index (χ3n) is 4.81. The third-order valence-corrected chi connectivity index (χ3v) is 4.81. The molecule has 1 atom stereocenters. The maximum absolute atomic E-state index is 12.4. The predicted molar refractivity (Wildman–Crippen MR) is 112 cm³/mol. The number of carbonyl (C=O) groups is 1. The number of carbonyl (C=O) groups excluding carboxylic acids is 1. The number of nitrogens with zero attached hydrogens (tertiary/aromatic N) is 3. The number of benzene rings is 2. The lowest BCUT2D eigenvalue weighted by Gasteiger charge is -2.18. The van der Waals surface area contributed by atoms with Crippen LogP contribution in [0.5, 0.6) is 0 Å². The summed E-state index contributed by atoms with van der Waals surface area (Å²) < 4.78 is 5.43. The molecule has 0 aliphatic carbocycles. The summed E-state index contributed by atoms with van der Waals surface area (Å²) in [6.07, 6.45) is 0.428. The number of anilines is 1. The van der Waals surface area contributed by atoms with E-state index in [0.29, 0.717) is 25.5 Å². The molecular weight excluding hydrogens is 366 g/mol. The molecule has 29 heavy (non-hydrogen) atoms. The van der Waals surface area contributed by atoms with E-state index in [4.69, 9.17) is 4.52 Å². The van der Waals surface area contributed by atoms with Gasteiger partial charge in [0.25, 0.3) is 0 Å². The Morgan fingerprint density at radius 2 is 1.90 bits per heavy atom. The SMILES string of the molecule is CN=C(NCc1cc(-c2ccccc2)on1)NC1CC(=O)N(c2ccccc2)C1. The molecule has 1 amide bonds. The molecular formula is C22H23N5O2. The van der Waals surface area contributed by atoms with Crippen molar-refractivity contribution < 1.29 is 9.32 Å². The second-order valence-electron chi connectivity index (χ2n) is 6.86. The molecule has 1 aliphatic heterocycles.